The Hall–Kier alpha value is -3.35. The predicted molar refractivity (Wildman–Crippen MR) is 175 cm³/mol. The second kappa shape index (κ2) is 11.5. The first-order chi connectivity index (χ1) is 19.9. The van der Waals surface area contributed by atoms with E-state index in [1.54, 1.807) is 0 Å². The van der Waals surface area contributed by atoms with Gasteiger partial charge in [-0.15, -0.1) is 0 Å². The molecule has 0 aliphatic carbocycles. The van der Waals surface area contributed by atoms with Crippen molar-refractivity contribution >= 4 is 40.3 Å². The van der Waals surface area contributed by atoms with Gasteiger partial charge in [-0.25, -0.2) is 0 Å². The molecule has 2 aliphatic rings. The fraction of sp³-hybridized carbons (Fsp3) is 0.353. The summed E-state index contributed by atoms with van der Waals surface area (Å²) in [4.78, 5) is 9.39. The SMILES string of the molecule is CCc1ccc(-n2c(C)cc([C@H]3[C@@H](c4ccccn4)NC(=S)N3c3ccc(N4CCC(C)CC4)c(Cl)c3)c2C)cc1. The minimum Gasteiger partial charge on any atom is -0.370 e. The molecule has 0 saturated carbocycles. The van der Waals surface area contributed by atoms with Crippen LogP contribution in [0, 0.1) is 19.8 Å². The van der Waals surface area contributed by atoms with E-state index in [1.165, 1.54) is 41.0 Å². The Kier molecular flexibility index (Phi) is 7.80. The molecular formula is C34H38ClN5S. The molecule has 0 bridgehead atoms. The third-order valence-electron chi connectivity index (χ3n) is 8.82. The minimum atomic E-state index is -0.109. The summed E-state index contributed by atoms with van der Waals surface area (Å²) < 4.78 is 2.34. The number of hydrogen-bond donors (Lipinski definition) is 1. The molecule has 4 aromatic rings. The Labute approximate surface area is 254 Å². The molecule has 2 atom stereocenters. The lowest BCUT2D eigenvalue weighted by Gasteiger charge is -2.33. The zero-order valence-electron chi connectivity index (χ0n) is 24.3. The minimum absolute atomic E-state index is 0.0926. The van der Waals surface area contributed by atoms with Crippen molar-refractivity contribution in [2.75, 3.05) is 22.9 Å². The van der Waals surface area contributed by atoms with Gasteiger partial charge in [0.05, 0.1) is 28.5 Å². The highest BCUT2D eigenvalue weighted by Crippen LogP contribution is 2.45. The number of hydrogen-bond acceptors (Lipinski definition) is 3. The van der Waals surface area contributed by atoms with Crippen molar-refractivity contribution in [3.63, 3.8) is 0 Å². The summed E-state index contributed by atoms with van der Waals surface area (Å²) in [5.74, 6) is 0.769. The molecule has 7 heteroatoms. The summed E-state index contributed by atoms with van der Waals surface area (Å²) in [5, 5.41) is 5.06. The van der Waals surface area contributed by atoms with Gasteiger partial charge in [-0.05, 0) is 111 Å². The number of halogens is 1. The van der Waals surface area contributed by atoms with Gasteiger partial charge in [0.25, 0.3) is 0 Å². The van der Waals surface area contributed by atoms with Gasteiger partial charge < -0.3 is 19.7 Å². The van der Waals surface area contributed by atoms with Crippen molar-refractivity contribution < 1.29 is 0 Å². The Morgan fingerprint density at radius 3 is 2.37 bits per heavy atom. The standard InChI is InChI=1S/C34H38ClN5S/c1-5-25-9-11-26(12-10-25)39-23(3)20-28(24(39)4)33-32(30-8-6-7-17-36-30)37-34(41)40(33)27-13-14-31(29(35)21-27)38-18-15-22(2)16-19-38/h6-14,17,20-22,32-33H,5,15-16,18-19H2,1-4H3,(H,37,41)/t32-,33+/m1/s1. The van der Waals surface area contributed by atoms with Crippen LogP contribution in [-0.4, -0.2) is 27.8 Å². The third kappa shape index (κ3) is 5.24. The maximum atomic E-state index is 6.99. The van der Waals surface area contributed by atoms with Crippen LogP contribution >= 0.6 is 23.8 Å². The maximum Gasteiger partial charge on any atom is 0.174 e. The molecule has 4 heterocycles. The van der Waals surface area contributed by atoms with Gasteiger partial charge in [0.15, 0.2) is 5.11 Å². The first-order valence-electron chi connectivity index (χ1n) is 14.7. The number of aromatic nitrogens is 2. The van der Waals surface area contributed by atoms with Gasteiger partial charge in [0.1, 0.15) is 0 Å². The number of piperidine rings is 1. The molecule has 1 N–H and O–H groups in total. The van der Waals surface area contributed by atoms with E-state index in [9.17, 15) is 0 Å². The van der Waals surface area contributed by atoms with Crippen LogP contribution in [0.3, 0.4) is 0 Å². The van der Waals surface area contributed by atoms with Crippen molar-refractivity contribution in [2.45, 2.75) is 59.0 Å². The molecule has 212 valence electrons. The Balaban J connectivity index is 1.42. The molecule has 0 unspecified atom stereocenters. The van der Waals surface area contributed by atoms with Crippen molar-refractivity contribution in [3.8, 4) is 5.69 Å². The summed E-state index contributed by atoms with van der Waals surface area (Å²) in [6.07, 6.45) is 5.27. The van der Waals surface area contributed by atoms with Gasteiger partial charge >= 0.3 is 0 Å². The van der Waals surface area contributed by atoms with Gasteiger partial charge in [-0.3, -0.25) is 4.98 Å². The van der Waals surface area contributed by atoms with Gasteiger partial charge in [-0.1, -0.05) is 43.6 Å². The molecule has 2 aliphatic heterocycles. The van der Waals surface area contributed by atoms with Crippen LogP contribution in [0.4, 0.5) is 11.4 Å². The normalized spacial score (nSPS) is 19.6. The molecule has 41 heavy (non-hydrogen) atoms. The maximum absolute atomic E-state index is 6.99. The largest absolute Gasteiger partial charge is 0.370 e. The van der Waals surface area contributed by atoms with Gasteiger partial charge in [-0.2, -0.15) is 0 Å². The summed E-state index contributed by atoms with van der Waals surface area (Å²) in [5.41, 5.74) is 9.16. The Morgan fingerprint density at radius 1 is 0.976 bits per heavy atom. The lowest BCUT2D eigenvalue weighted by molar-refractivity contribution is 0.438. The molecule has 2 saturated heterocycles. The summed E-state index contributed by atoms with van der Waals surface area (Å²) in [6, 6.07) is 23.5. The Bertz CT molecular complexity index is 1540. The summed E-state index contributed by atoms with van der Waals surface area (Å²) in [7, 11) is 0. The number of nitrogens with zero attached hydrogens (tertiary/aromatic N) is 4. The fourth-order valence-corrected chi connectivity index (χ4v) is 7.11. The highest BCUT2D eigenvalue weighted by molar-refractivity contribution is 7.80. The van der Waals surface area contributed by atoms with Crippen molar-refractivity contribution in [1.29, 1.82) is 0 Å². The third-order valence-corrected chi connectivity index (χ3v) is 9.44. The highest BCUT2D eigenvalue weighted by Gasteiger charge is 2.42. The van der Waals surface area contributed by atoms with E-state index in [0.29, 0.717) is 5.11 Å². The van der Waals surface area contributed by atoms with Crippen molar-refractivity contribution in [2.24, 2.45) is 5.92 Å². The molecule has 2 aromatic carbocycles. The van der Waals surface area contributed by atoms with E-state index < -0.39 is 0 Å². The second-order valence-corrected chi connectivity index (χ2v) is 12.3. The topological polar surface area (TPSA) is 36.3 Å². The van der Waals surface area contributed by atoms with Crippen LogP contribution < -0.4 is 15.1 Å². The number of thiocarbonyl (C=S) groups is 1. The first-order valence-corrected chi connectivity index (χ1v) is 15.5. The number of anilines is 2. The molecule has 2 fully saturated rings. The molecule has 5 nitrogen and oxygen atoms in total. The van der Waals surface area contributed by atoms with Gasteiger partial charge in [0.2, 0.25) is 0 Å². The van der Waals surface area contributed by atoms with Crippen LogP contribution in [-0.2, 0) is 6.42 Å². The average Bonchev–Trinajstić information content (AvgIpc) is 3.48. The smallest absolute Gasteiger partial charge is 0.174 e. The Morgan fingerprint density at radius 2 is 1.71 bits per heavy atom. The lowest BCUT2D eigenvalue weighted by atomic mass is 9.96. The first kappa shape index (κ1) is 27.8. The number of rotatable bonds is 6. The van der Waals surface area contributed by atoms with E-state index >= 15 is 0 Å². The van der Waals surface area contributed by atoms with Crippen molar-refractivity contribution in [1.82, 2.24) is 14.9 Å². The molecule has 0 radical (unpaired) electrons. The van der Waals surface area contributed by atoms with Crippen LogP contribution in [0.5, 0.6) is 0 Å². The lowest BCUT2D eigenvalue weighted by Crippen LogP contribution is -2.33. The summed E-state index contributed by atoms with van der Waals surface area (Å²) in [6.45, 7) is 11.0. The van der Waals surface area contributed by atoms with Crippen LogP contribution in [0.25, 0.3) is 5.69 Å². The zero-order chi connectivity index (χ0) is 28.7. The number of pyridine rings is 1. The molecule has 0 spiro atoms. The van der Waals surface area contributed by atoms with Gasteiger partial charge in [0, 0.05) is 42.0 Å². The quantitative estimate of drug-likeness (QED) is 0.232. The molecule has 6 rings (SSSR count). The number of nitrogens with one attached hydrogen (secondary N) is 1. The average molecular weight is 584 g/mol. The fourth-order valence-electron chi connectivity index (χ4n) is 6.47. The van der Waals surface area contributed by atoms with E-state index in [2.05, 4.69) is 102 Å². The van der Waals surface area contributed by atoms with Crippen LogP contribution in [0.2, 0.25) is 5.02 Å². The summed E-state index contributed by atoms with van der Waals surface area (Å²) >= 11 is 13.0. The number of benzene rings is 2. The van der Waals surface area contributed by atoms with Crippen molar-refractivity contribution in [3.05, 3.63) is 106 Å². The van der Waals surface area contributed by atoms with E-state index in [-0.39, 0.29) is 12.1 Å². The van der Waals surface area contributed by atoms with Crippen LogP contribution in [0.15, 0.2) is 72.9 Å². The van der Waals surface area contributed by atoms with Crippen LogP contribution in [0.1, 0.15) is 67.0 Å². The predicted octanol–water partition coefficient (Wildman–Crippen LogP) is 8.12. The number of aryl methyl sites for hydroxylation is 2. The van der Waals surface area contributed by atoms with E-state index in [4.69, 9.17) is 28.8 Å². The second-order valence-electron chi connectivity index (χ2n) is 11.5. The van der Waals surface area contributed by atoms with E-state index in [1.807, 2.05) is 18.3 Å². The van der Waals surface area contributed by atoms with E-state index in [0.717, 1.165) is 47.5 Å². The molecule has 0 amide bonds. The highest BCUT2D eigenvalue weighted by atomic mass is 35.5. The molecule has 2 aromatic heterocycles. The molecular weight excluding hydrogens is 546 g/mol. The zero-order valence-corrected chi connectivity index (χ0v) is 25.8. The monoisotopic (exact) mass is 583 g/mol.